The summed E-state index contributed by atoms with van der Waals surface area (Å²) in [7, 11) is -3.62. The second-order valence-corrected chi connectivity index (χ2v) is 12.7. The number of sulfonamides is 1. The van der Waals surface area contributed by atoms with Crippen molar-refractivity contribution in [3.8, 4) is 0 Å². The highest BCUT2D eigenvalue weighted by Crippen LogP contribution is 2.33. The van der Waals surface area contributed by atoms with E-state index in [0.717, 1.165) is 41.7 Å². The number of carbonyl (C=O) groups excluding carboxylic acids is 1. The van der Waals surface area contributed by atoms with Gasteiger partial charge in [0.2, 0.25) is 10.0 Å². The van der Waals surface area contributed by atoms with Gasteiger partial charge in [-0.1, -0.05) is 43.2 Å². The van der Waals surface area contributed by atoms with Crippen LogP contribution in [-0.2, 0) is 14.8 Å². The molecule has 1 aromatic heterocycles. The fraction of sp³-hybridized carbons (Fsp3) is 0.481. The molecule has 8 nitrogen and oxygen atoms in total. The summed E-state index contributed by atoms with van der Waals surface area (Å²) in [5.41, 5.74) is 2.19. The summed E-state index contributed by atoms with van der Waals surface area (Å²) >= 11 is 7.70. The number of rotatable bonds is 11. The van der Waals surface area contributed by atoms with Crippen LogP contribution in [0.3, 0.4) is 0 Å². The fourth-order valence-electron chi connectivity index (χ4n) is 4.47. The number of benzene rings is 2. The number of fused-ring (bicyclic) bond motifs is 1. The zero-order valence-electron chi connectivity index (χ0n) is 22.6. The molecule has 2 aromatic carbocycles. The number of hydrogen-bond donors (Lipinski definition) is 0. The van der Waals surface area contributed by atoms with Crippen molar-refractivity contribution in [1.82, 2.24) is 14.2 Å². The lowest BCUT2D eigenvalue weighted by Gasteiger charge is -2.29. The highest BCUT2D eigenvalue weighted by Gasteiger charge is 2.26. The number of amides is 1. The van der Waals surface area contributed by atoms with Crippen molar-refractivity contribution in [3.05, 3.63) is 52.5 Å². The van der Waals surface area contributed by atoms with Gasteiger partial charge in [0.1, 0.15) is 0 Å². The summed E-state index contributed by atoms with van der Waals surface area (Å²) in [6, 6.07) is 9.99. The Hall–Kier alpha value is -1.79. The molecule has 4 rings (SSSR count). The van der Waals surface area contributed by atoms with Gasteiger partial charge in [0.25, 0.3) is 5.91 Å². The summed E-state index contributed by atoms with van der Waals surface area (Å²) < 4.78 is 34.1. The Labute approximate surface area is 246 Å². The normalized spacial score (nSPS) is 14.5. The van der Waals surface area contributed by atoms with Crippen LogP contribution in [0.25, 0.3) is 10.2 Å². The number of ether oxygens (including phenoxy) is 1. The Morgan fingerprint density at radius 3 is 2.46 bits per heavy atom. The smallest absolute Gasteiger partial charge is 0.260 e. The Morgan fingerprint density at radius 1 is 1.13 bits per heavy atom. The van der Waals surface area contributed by atoms with Crippen LogP contribution in [0.15, 0.2) is 41.3 Å². The van der Waals surface area contributed by atoms with E-state index in [2.05, 4.69) is 4.90 Å². The molecule has 39 heavy (non-hydrogen) atoms. The van der Waals surface area contributed by atoms with Crippen molar-refractivity contribution in [1.29, 1.82) is 0 Å². The first-order valence-corrected chi connectivity index (χ1v) is 15.7. The van der Waals surface area contributed by atoms with E-state index in [4.69, 9.17) is 21.3 Å². The molecule has 1 saturated heterocycles. The minimum absolute atomic E-state index is 0. The number of unbranched alkanes of at least 4 members (excludes halogenated alkanes) is 1. The van der Waals surface area contributed by atoms with Crippen LogP contribution in [-0.4, -0.2) is 81.0 Å². The molecule has 0 unspecified atom stereocenters. The summed E-state index contributed by atoms with van der Waals surface area (Å²) in [5, 5.41) is 1.23. The van der Waals surface area contributed by atoms with Gasteiger partial charge in [-0.15, -0.1) is 12.4 Å². The van der Waals surface area contributed by atoms with Crippen molar-refractivity contribution in [2.45, 2.75) is 38.5 Å². The van der Waals surface area contributed by atoms with Gasteiger partial charge in [-0.3, -0.25) is 14.6 Å². The SMILES string of the molecule is CCCCN(CC)S(=O)(=O)c1ccc(C(=O)N(CCN2CCOCC2)c2nc3c(C)cc(Cl)cc3s2)cc1.Cl. The first-order valence-electron chi connectivity index (χ1n) is 13.0. The molecule has 1 amide bonds. The molecule has 0 N–H and O–H groups in total. The monoisotopic (exact) mass is 614 g/mol. The van der Waals surface area contributed by atoms with Gasteiger partial charge in [-0.25, -0.2) is 13.4 Å². The highest BCUT2D eigenvalue weighted by molar-refractivity contribution is 7.89. The van der Waals surface area contributed by atoms with Gasteiger partial charge in [0.15, 0.2) is 5.13 Å². The van der Waals surface area contributed by atoms with E-state index in [1.165, 1.54) is 27.8 Å². The number of thiazole rings is 1. The second kappa shape index (κ2) is 14.2. The average Bonchev–Trinajstić information content (AvgIpc) is 3.34. The van der Waals surface area contributed by atoms with E-state index in [-0.39, 0.29) is 23.2 Å². The molecular formula is C27H36Cl2N4O4S2. The minimum atomic E-state index is -3.62. The largest absolute Gasteiger partial charge is 0.379 e. The van der Waals surface area contributed by atoms with Gasteiger partial charge in [0.05, 0.1) is 28.3 Å². The van der Waals surface area contributed by atoms with Crippen LogP contribution < -0.4 is 4.90 Å². The standard InChI is InChI=1S/C27H35ClN4O4S2.ClH/c1-4-6-11-31(5-2)38(34,35)23-9-7-21(8-10-23)26(33)32(13-12-30-14-16-36-17-15-30)27-29-25-20(3)18-22(28)19-24(25)37-27;/h7-10,18-19H,4-6,11-17H2,1-3H3;1H. The Morgan fingerprint density at radius 2 is 1.82 bits per heavy atom. The maximum absolute atomic E-state index is 13.8. The number of aromatic nitrogens is 1. The molecule has 0 bridgehead atoms. The van der Waals surface area contributed by atoms with E-state index in [9.17, 15) is 13.2 Å². The molecule has 214 valence electrons. The lowest BCUT2D eigenvalue weighted by molar-refractivity contribution is 0.0391. The van der Waals surface area contributed by atoms with Gasteiger partial charge >= 0.3 is 0 Å². The quantitative estimate of drug-likeness (QED) is 0.285. The molecule has 0 atom stereocenters. The number of morpholine rings is 1. The van der Waals surface area contributed by atoms with E-state index in [1.54, 1.807) is 17.0 Å². The van der Waals surface area contributed by atoms with Crippen molar-refractivity contribution >= 4 is 66.6 Å². The van der Waals surface area contributed by atoms with Crippen molar-refractivity contribution in [2.24, 2.45) is 0 Å². The topological polar surface area (TPSA) is 83.1 Å². The van der Waals surface area contributed by atoms with Crippen LogP contribution in [0.1, 0.15) is 42.6 Å². The number of nitrogens with zero attached hydrogens (tertiary/aromatic N) is 4. The average molecular weight is 616 g/mol. The number of aryl methyl sites for hydroxylation is 1. The maximum atomic E-state index is 13.8. The Kier molecular flexibility index (Phi) is 11.6. The van der Waals surface area contributed by atoms with Gasteiger partial charge in [-0.2, -0.15) is 4.31 Å². The van der Waals surface area contributed by atoms with Gasteiger partial charge < -0.3 is 4.74 Å². The lowest BCUT2D eigenvalue weighted by atomic mass is 10.2. The lowest BCUT2D eigenvalue weighted by Crippen LogP contribution is -2.43. The van der Waals surface area contributed by atoms with Crippen LogP contribution in [0.2, 0.25) is 5.02 Å². The molecule has 0 saturated carbocycles. The Balaban J connectivity index is 0.00000420. The number of carbonyl (C=O) groups is 1. The van der Waals surface area contributed by atoms with Crippen molar-refractivity contribution in [3.63, 3.8) is 0 Å². The van der Waals surface area contributed by atoms with Crippen LogP contribution in [0, 0.1) is 6.92 Å². The Bertz CT molecular complexity index is 1360. The molecule has 3 aromatic rings. The molecule has 1 fully saturated rings. The number of halogens is 2. The third-order valence-electron chi connectivity index (χ3n) is 6.71. The molecule has 2 heterocycles. The molecule has 0 radical (unpaired) electrons. The molecule has 0 spiro atoms. The number of anilines is 1. The first kappa shape index (κ1) is 31.7. The van der Waals surface area contributed by atoms with Crippen molar-refractivity contribution < 1.29 is 17.9 Å². The molecule has 1 aliphatic heterocycles. The van der Waals surface area contributed by atoms with E-state index in [1.807, 2.05) is 32.9 Å². The van der Waals surface area contributed by atoms with Gasteiger partial charge in [-0.05, 0) is 55.3 Å². The third-order valence-corrected chi connectivity index (χ3v) is 9.94. The van der Waals surface area contributed by atoms with Crippen LogP contribution >= 0.6 is 35.3 Å². The molecule has 12 heteroatoms. The maximum Gasteiger partial charge on any atom is 0.260 e. The highest BCUT2D eigenvalue weighted by atomic mass is 35.5. The third kappa shape index (κ3) is 7.49. The first-order chi connectivity index (χ1) is 18.2. The molecule has 1 aliphatic rings. The zero-order chi connectivity index (χ0) is 27.3. The molecule has 0 aliphatic carbocycles. The van der Waals surface area contributed by atoms with E-state index < -0.39 is 10.0 Å². The predicted molar refractivity (Wildman–Crippen MR) is 161 cm³/mol. The summed E-state index contributed by atoms with van der Waals surface area (Å²) in [6.45, 7) is 10.8. The van der Waals surface area contributed by atoms with E-state index >= 15 is 0 Å². The summed E-state index contributed by atoms with van der Waals surface area (Å²) in [4.78, 5) is 22.8. The van der Waals surface area contributed by atoms with Gasteiger partial charge in [0, 0.05) is 49.9 Å². The zero-order valence-corrected chi connectivity index (χ0v) is 25.8. The summed E-state index contributed by atoms with van der Waals surface area (Å²) in [5.74, 6) is -0.219. The van der Waals surface area contributed by atoms with Crippen LogP contribution in [0.5, 0.6) is 0 Å². The molecular weight excluding hydrogens is 579 g/mol. The summed E-state index contributed by atoms with van der Waals surface area (Å²) in [6.07, 6.45) is 1.71. The number of hydrogen-bond acceptors (Lipinski definition) is 7. The minimum Gasteiger partial charge on any atom is -0.379 e. The van der Waals surface area contributed by atoms with E-state index in [0.29, 0.717) is 55.1 Å². The predicted octanol–water partition coefficient (Wildman–Crippen LogP) is 5.47. The fourth-order valence-corrected chi connectivity index (χ4v) is 7.40. The van der Waals surface area contributed by atoms with Crippen LogP contribution in [0.4, 0.5) is 5.13 Å². The van der Waals surface area contributed by atoms with Crippen molar-refractivity contribution in [2.75, 3.05) is 57.4 Å². The second-order valence-electron chi connectivity index (χ2n) is 9.35.